The summed E-state index contributed by atoms with van der Waals surface area (Å²) in [6.07, 6.45) is 6.96. The number of aliphatic imine (C=N–C) groups is 2. The van der Waals surface area contributed by atoms with Gasteiger partial charge in [-0.3, -0.25) is 20.0 Å². The number of rotatable bonds is 4. The topological polar surface area (TPSA) is 130 Å². The normalized spacial score (nSPS) is 16.7. The van der Waals surface area contributed by atoms with Gasteiger partial charge in [0.25, 0.3) is 0 Å². The van der Waals surface area contributed by atoms with Crippen molar-refractivity contribution in [3.8, 4) is 34.7 Å². The van der Waals surface area contributed by atoms with E-state index in [1.54, 1.807) is 24.8 Å². The molecule has 8 heteroatoms. The summed E-state index contributed by atoms with van der Waals surface area (Å²) in [5.41, 5.74) is 8.28. The maximum absolute atomic E-state index is 11.0. The summed E-state index contributed by atoms with van der Waals surface area (Å²) >= 11 is 0. The van der Waals surface area contributed by atoms with Crippen molar-refractivity contribution in [3.63, 3.8) is 0 Å². The number of hydrogen-bond donors (Lipinski definition) is 2. The Hall–Kier alpha value is -6.38. The zero-order valence-electron chi connectivity index (χ0n) is 26.9. The van der Waals surface area contributed by atoms with Crippen molar-refractivity contribution < 1.29 is 0 Å². The number of nitrogens with one attached hydrogen (secondary N) is 2. The highest BCUT2D eigenvalue weighted by Crippen LogP contribution is 2.44. The summed E-state index contributed by atoms with van der Waals surface area (Å²) in [5.74, 6) is 0. The van der Waals surface area contributed by atoms with E-state index in [0.29, 0.717) is 33.3 Å². The Balaban J connectivity index is 1.57. The third kappa shape index (κ3) is 4.13. The summed E-state index contributed by atoms with van der Waals surface area (Å²) in [6.45, 7) is 8.41. The fourth-order valence-corrected chi connectivity index (χ4v) is 7.26. The molecule has 0 atom stereocenters. The lowest BCUT2D eigenvalue weighted by Crippen LogP contribution is -2.29. The van der Waals surface area contributed by atoms with Crippen LogP contribution in [0.3, 0.4) is 0 Å². The average molecular weight is 623 g/mol. The minimum atomic E-state index is -0.524. The zero-order valence-corrected chi connectivity index (χ0v) is 26.9. The number of para-hydroxylation sites is 2. The summed E-state index contributed by atoms with van der Waals surface area (Å²) in [7, 11) is 0. The predicted octanol–water partition coefficient (Wildman–Crippen LogP) is 7.10. The molecule has 0 unspecified atom stereocenters. The van der Waals surface area contributed by atoms with Gasteiger partial charge in [0.1, 0.15) is 12.1 Å². The summed E-state index contributed by atoms with van der Waals surface area (Å²) in [4.78, 5) is 25.9. The van der Waals surface area contributed by atoms with E-state index in [0.717, 1.165) is 55.8 Å². The van der Waals surface area contributed by atoms with Crippen LogP contribution in [0.5, 0.6) is 0 Å². The Morgan fingerprint density at radius 3 is 1.29 bits per heavy atom. The molecule has 0 aliphatic carbocycles. The Labute approximate surface area is 277 Å². The number of benzene rings is 2. The van der Waals surface area contributed by atoms with E-state index in [9.17, 15) is 10.5 Å². The average Bonchev–Trinajstić information content (AvgIpc) is 3.82. The standard InChI is InChI=1S/C40H30N8/c1-39(2)27-9-5-7-11-29(27)45-37(39)25(21-41)35-31-32(34(47-35)24-15-19-44-20-16-24)36(48-33(31)23-13-17-43-18-14-23)26(22-42)38-40(3,4)28-10-6-8-12-30(28)46-38/h5-20,47-48H,1-4H3/b35-25-,36-26-. The fourth-order valence-electron chi connectivity index (χ4n) is 7.26. The van der Waals surface area contributed by atoms with Gasteiger partial charge in [-0.1, -0.05) is 64.1 Å². The number of hydrogen-bond acceptors (Lipinski definition) is 6. The molecule has 48 heavy (non-hydrogen) atoms. The molecule has 2 N–H and O–H groups in total. The molecule has 2 aromatic carbocycles. The Kier molecular flexibility index (Phi) is 6.41. The van der Waals surface area contributed by atoms with E-state index in [1.165, 1.54) is 0 Å². The van der Waals surface area contributed by atoms with Crippen molar-refractivity contribution in [2.24, 2.45) is 9.98 Å². The highest BCUT2D eigenvalue weighted by molar-refractivity contribution is 6.33. The predicted molar refractivity (Wildman–Crippen MR) is 190 cm³/mol. The maximum Gasteiger partial charge on any atom is 0.103 e. The number of H-pyrrole nitrogens is 2. The third-order valence-corrected chi connectivity index (χ3v) is 9.69. The van der Waals surface area contributed by atoms with Gasteiger partial charge in [0.05, 0.1) is 56.0 Å². The lowest BCUT2D eigenvalue weighted by Gasteiger charge is -2.21. The number of fused-ring (bicyclic) bond motifs is 3. The number of aromatic amines is 2. The van der Waals surface area contributed by atoms with Gasteiger partial charge in [0.2, 0.25) is 0 Å². The molecule has 8 rings (SSSR count). The summed E-state index contributed by atoms with van der Waals surface area (Å²) < 4.78 is 0. The van der Waals surface area contributed by atoms with Crippen LogP contribution in [0.4, 0.5) is 11.4 Å². The van der Waals surface area contributed by atoms with Crippen LogP contribution in [-0.2, 0) is 10.8 Å². The van der Waals surface area contributed by atoms with Crippen molar-refractivity contribution in [2.75, 3.05) is 0 Å². The van der Waals surface area contributed by atoms with E-state index in [-0.39, 0.29) is 0 Å². The summed E-state index contributed by atoms with van der Waals surface area (Å²) in [5, 5.41) is 24.7. The Bertz CT molecular complexity index is 2390. The number of nitriles is 2. The van der Waals surface area contributed by atoms with Crippen molar-refractivity contribution in [1.29, 1.82) is 10.5 Å². The van der Waals surface area contributed by atoms with Crippen LogP contribution in [0.15, 0.2) is 108 Å². The molecule has 0 spiro atoms. The molecule has 0 saturated carbocycles. The van der Waals surface area contributed by atoms with E-state index in [1.807, 2.05) is 60.7 Å². The van der Waals surface area contributed by atoms with E-state index in [2.05, 4.69) is 71.9 Å². The van der Waals surface area contributed by atoms with E-state index < -0.39 is 10.8 Å². The Morgan fingerprint density at radius 2 is 0.938 bits per heavy atom. The van der Waals surface area contributed by atoms with Gasteiger partial charge >= 0.3 is 0 Å². The molecular weight excluding hydrogens is 592 g/mol. The minimum absolute atomic E-state index is 0.437. The molecule has 2 aliphatic heterocycles. The van der Waals surface area contributed by atoms with Crippen LogP contribution in [0.2, 0.25) is 0 Å². The van der Waals surface area contributed by atoms with Gasteiger partial charge in [0, 0.05) is 57.5 Å². The second-order valence-corrected chi connectivity index (χ2v) is 13.2. The first kappa shape index (κ1) is 29.1. The smallest absolute Gasteiger partial charge is 0.103 e. The monoisotopic (exact) mass is 622 g/mol. The van der Waals surface area contributed by atoms with Crippen LogP contribution >= 0.6 is 0 Å². The van der Waals surface area contributed by atoms with Crippen molar-refractivity contribution in [3.05, 3.63) is 119 Å². The molecule has 0 amide bonds. The minimum Gasteiger partial charge on any atom is -0.353 e. The van der Waals surface area contributed by atoms with Gasteiger partial charge in [-0.05, 0) is 47.5 Å². The molecule has 0 bridgehead atoms. The highest BCUT2D eigenvalue weighted by atomic mass is 14.9. The lowest BCUT2D eigenvalue weighted by molar-refractivity contribution is 0.741. The van der Waals surface area contributed by atoms with Crippen molar-refractivity contribution in [1.82, 2.24) is 19.9 Å². The number of pyridine rings is 2. The van der Waals surface area contributed by atoms with Gasteiger partial charge in [-0.25, -0.2) is 0 Å². The number of nitrogens with zero attached hydrogens (tertiary/aromatic N) is 6. The molecule has 0 saturated heterocycles. The van der Waals surface area contributed by atoms with Crippen LogP contribution in [0.25, 0.3) is 44.4 Å². The lowest BCUT2D eigenvalue weighted by atomic mass is 9.78. The second-order valence-electron chi connectivity index (χ2n) is 13.2. The number of aromatic nitrogens is 4. The van der Waals surface area contributed by atoms with Crippen molar-refractivity contribution >= 4 is 44.7 Å². The first-order chi connectivity index (χ1) is 23.3. The van der Waals surface area contributed by atoms with E-state index >= 15 is 0 Å². The summed E-state index contributed by atoms with van der Waals surface area (Å²) in [6, 6.07) is 28.8. The third-order valence-electron chi connectivity index (χ3n) is 9.69. The quantitative estimate of drug-likeness (QED) is 0.217. The second kappa shape index (κ2) is 10.6. The Morgan fingerprint density at radius 1 is 0.562 bits per heavy atom. The molecule has 2 aliphatic rings. The highest BCUT2D eigenvalue weighted by Gasteiger charge is 2.39. The molecule has 0 radical (unpaired) electrons. The van der Waals surface area contributed by atoms with Crippen LogP contribution in [0, 0.1) is 22.7 Å². The van der Waals surface area contributed by atoms with Crippen LogP contribution < -0.4 is 10.7 Å². The van der Waals surface area contributed by atoms with Crippen LogP contribution in [0.1, 0.15) is 38.8 Å². The fraction of sp³-hybridized carbons (Fsp3) is 0.150. The zero-order chi connectivity index (χ0) is 33.2. The van der Waals surface area contributed by atoms with Gasteiger partial charge in [-0.2, -0.15) is 10.5 Å². The molecule has 8 nitrogen and oxygen atoms in total. The molecule has 4 aromatic heterocycles. The SMILES string of the molecule is CC1(C)C(/C(C#N)=c2\[nH]c(-c3ccncc3)c3/c(=C(\C#N)C4=Nc5ccccc5C4(C)C)[nH]c(-c4ccncc4)c23)=Nc2ccccc21. The molecule has 230 valence electrons. The maximum atomic E-state index is 11.0. The largest absolute Gasteiger partial charge is 0.353 e. The van der Waals surface area contributed by atoms with Crippen LogP contribution in [-0.4, -0.2) is 31.4 Å². The van der Waals surface area contributed by atoms with Crippen molar-refractivity contribution in [2.45, 2.75) is 38.5 Å². The first-order valence-electron chi connectivity index (χ1n) is 15.8. The van der Waals surface area contributed by atoms with Gasteiger partial charge in [-0.15, -0.1) is 0 Å². The molecule has 6 heterocycles. The van der Waals surface area contributed by atoms with E-state index in [4.69, 9.17) is 9.98 Å². The molecule has 0 fully saturated rings. The van der Waals surface area contributed by atoms with Gasteiger partial charge < -0.3 is 9.97 Å². The molecular formula is C40H30N8. The first-order valence-corrected chi connectivity index (χ1v) is 15.8. The molecule has 6 aromatic rings. The van der Waals surface area contributed by atoms with Gasteiger partial charge in [0.15, 0.2) is 0 Å².